The Hall–Kier alpha value is -1.78. The van der Waals surface area contributed by atoms with Crippen LogP contribution in [0.1, 0.15) is 31.7 Å². The number of benzene rings is 1. The monoisotopic (exact) mass is 311 g/mol. The van der Waals surface area contributed by atoms with Gasteiger partial charge in [-0.2, -0.15) is 13.2 Å². The molecule has 22 heavy (non-hydrogen) atoms. The Kier molecular flexibility index (Phi) is 5.27. The number of hydrogen-bond acceptors (Lipinski definition) is 1. The van der Waals surface area contributed by atoms with Crippen molar-refractivity contribution in [1.82, 2.24) is 4.90 Å². The van der Waals surface area contributed by atoms with E-state index in [9.17, 15) is 18.0 Å². The first-order valence-corrected chi connectivity index (χ1v) is 7.55. The highest BCUT2D eigenvalue weighted by molar-refractivity contribution is 5.96. The van der Waals surface area contributed by atoms with Crippen LogP contribution in [-0.2, 0) is 4.79 Å². The van der Waals surface area contributed by atoms with Gasteiger partial charge in [-0.05, 0) is 30.7 Å². The second kappa shape index (κ2) is 6.99. The highest BCUT2D eigenvalue weighted by atomic mass is 19.4. The topological polar surface area (TPSA) is 20.3 Å². The molecule has 1 aromatic rings. The molecule has 0 aromatic heterocycles. The van der Waals surface area contributed by atoms with Crippen LogP contribution in [-0.4, -0.2) is 30.1 Å². The van der Waals surface area contributed by atoms with Gasteiger partial charge in [0, 0.05) is 19.2 Å². The molecule has 0 N–H and O–H groups in total. The lowest BCUT2D eigenvalue weighted by atomic mass is 10.0. The third-order valence-electron chi connectivity index (χ3n) is 3.64. The van der Waals surface area contributed by atoms with Crippen molar-refractivity contribution in [3.8, 4) is 0 Å². The van der Waals surface area contributed by atoms with Crippen molar-refractivity contribution >= 4 is 11.5 Å². The first-order valence-electron chi connectivity index (χ1n) is 7.55. The minimum Gasteiger partial charge on any atom is -0.339 e. The first kappa shape index (κ1) is 16.6. The van der Waals surface area contributed by atoms with E-state index in [0.717, 1.165) is 25.3 Å². The minimum absolute atomic E-state index is 0.0196. The maximum absolute atomic E-state index is 13.3. The number of alkyl halides is 3. The summed E-state index contributed by atoms with van der Waals surface area (Å²) in [6, 6.07) is 7.46. The Morgan fingerprint density at radius 1 is 1.27 bits per heavy atom. The normalized spacial score (nSPS) is 15.7. The van der Waals surface area contributed by atoms with Crippen LogP contribution >= 0.6 is 0 Å². The summed E-state index contributed by atoms with van der Waals surface area (Å²) in [7, 11) is 0. The van der Waals surface area contributed by atoms with Gasteiger partial charge in [0.05, 0.1) is 5.57 Å². The van der Waals surface area contributed by atoms with Crippen molar-refractivity contribution < 1.29 is 18.0 Å². The van der Waals surface area contributed by atoms with Gasteiger partial charge in [-0.3, -0.25) is 4.79 Å². The number of rotatable bonds is 6. The van der Waals surface area contributed by atoms with Crippen molar-refractivity contribution in [2.45, 2.75) is 32.4 Å². The van der Waals surface area contributed by atoms with E-state index in [1.54, 1.807) is 6.07 Å². The standard InChI is InChI=1S/C17H20F3NO/c1-2-10-21(12-13-8-9-13)16(22)11-15(17(18,19)20)14-6-4-3-5-7-14/h3-7,11,13H,2,8-10,12H2,1H3/b15-11-. The molecule has 0 bridgehead atoms. The van der Waals surface area contributed by atoms with Crippen LogP contribution in [0, 0.1) is 5.92 Å². The highest BCUT2D eigenvalue weighted by Crippen LogP contribution is 2.34. The van der Waals surface area contributed by atoms with Crippen LogP contribution in [0.15, 0.2) is 36.4 Å². The van der Waals surface area contributed by atoms with Crippen LogP contribution < -0.4 is 0 Å². The summed E-state index contributed by atoms with van der Waals surface area (Å²) in [6.45, 7) is 2.97. The molecule has 0 unspecified atom stereocenters. The summed E-state index contributed by atoms with van der Waals surface area (Å²) in [5.41, 5.74) is -0.860. The van der Waals surface area contributed by atoms with E-state index in [0.29, 0.717) is 19.0 Å². The minimum atomic E-state index is -4.55. The van der Waals surface area contributed by atoms with E-state index in [1.165, 1.54) is 29.2 Å². The fourth-order valence-electron chi connectivity index (χ4n) is 2.33. The lowest BCUT2D eigenvalue weighted by molar-refractivity contribution is -0.126. The zero-order valence-electron chi connectivity index (χ0n) is 12.6. The molecule has 1 fully saturated rings. The smallest absolute Gasteiger partial charge is 0.339 e. The summed E-state index contributed by atoms with van der Waals surface area (Å²) < 4.78 is 39.8. The fraction of sp³-hybridized carbons (Fsp3) is 0.471. The lowest BCUT2D eigenvalue weighted by Crippen LogP contribution is -2.33. The molecule has 5 heteroatoms. The average molecular weight is 311 g/mol. The van der Waals surface area contributed by atoms with Gasteiger partial charge in [0.15, 0.2) is 0 Å². The van der Waals surface area contributed by atoms with Crippen LogP contribution in [0.4, 0.5) is 13.2 Å². The Morgan fingerprint density at radius 3 is 2.41 bits per heavy atom. The van der Waals surface area contributed by atoms with Crippen molar-refractivity contribution in [3.05, 3.63) is 42.0 Å². The second-order valence-corrected chi connectivity index (χ2v) is 5.65. The number of carbonyl (C=O) groups excluding carboxylic acids is 1. The van der Waals surface area contributed by atoms with Gasteiger partial charge in [-0.15, -0.1) is 0 Å². The fourth-order valence-corrected chi connectivity index (χ4v) is 2.33. The van der Waals surface area contributed by atoms with Crippen LogP contribution in [0.25, 0.3) is 5.57 Å². The molecule has 1 amide bonds. The largest absolute Gasteiger partial charge is 0.417 e. The van der Waals surface area contributed by atoms with Crippen LogP contribution in [0.2, 0.25) is 0 Å². The maximum atomic E-state index is 13.3. The van der Waals surface area contributed by atoms with Crippen LogP contribution in [0.5, 0.6) is 0 Å². The second-order valence-electron chi connectivity index (χ2n) is 5.65. The molecule has 0 saturated heterocycles. The van der Waals surface area contributed by atoms with Gasteiger partial charge in [-0.1, -0.05) is 37.3 Å². The van der Waals surface area contributed by atoms with E-state index < -0.39 is 17.7 Å². The summed E-state index contributed by atoms with van der Waals surface area (Å²) in [4.78, 5) is 13.8. The summed E-state index contributed by atoms with van der Waals surface area (Å²) >= 11 is 0. The lowest BCUT2D eigenvalue weighted by Gasteiger charge is -2.21. The van der Waals surface area contributed by atoms with E-state index >= 15 is 0 Å². The number of amides is 1. The van der Waals surface area contributed by atoms with Gasteiger partial charge < -0.3 is 4.90 Å². The molecule has 0 heterocycles. The number of nitrogens with zero attached hydrogens (tertiary/aromatic N) is 1. The Labute approximate surface area is 128 Å². The number of halogens is 3. The molecule has 2 rings (SSSR count). The van der Waals surface area contributed by atoms with Crippen molar-refractivity contribution in [2.24, 2.45) is 5.92 Å². The van der Waals surface area contributed by atoms with E-state index in [2.05, 4.69) is 0 Å². The van der Waals surface area contributed by atoms with Gasteiger partial charge in [0.1, 0.15) is 0 Å². The SMILES string of the molecule is CCCN(CC1CC1)C(=O)/C=C(/c1ccccc1)C(F)(F)F. The summed E-state index contributed by atoms with van der Waals surface area (Å²) in [5, 5.41) is 0. The molecule has 2 nitrogen and oxygen atoms in total. The van der Waals surface area contributed by atoms with Gasteiger partial charge in [-0.25, -0.2) is 0 Å². The molecule has 0 aliphatic heterocycles. The molecular formula is C17H20F3NO. The van der Waals surface area contributed by atoms with E-state index in [4.69, 9.17) is 0 Å². The van der Waals surface area contributed by atoms with Gasteiger partial charge in [0.2, 0.25) is 5.91 Å². The third-order valence-corrected chi connectivity index (χ3v) is 3.64. The zero-order chi connectivity index (χ0) is 16.2. The number of carbonyl (C=O) groups is 1. The number of allylic oxidation sites excluding steroid dienone is 1. The molecule has 1 aromatic carbocycles. The number of hydrogen-bond donors (Lipinski definition) is 0. The van der Waals surface area contributed by atoms with E-state index in [-0.39, 0.29) is 5.56 Å². The molecular weight excluding hydrogens is 291 g/mol. The molecule has 1 aliphatic rings. The summed E-state index contributed by atoms with van der Waals surface area (Å²) in [6.07, 6.45) is -0.953. The molecule has 0 spiro atoms. The molecule has 1 aliphatic carbocycles. The molecule has 0 radical (unpaired) electrons. The van der Waals surface area contributed by atoms with Crippen molar-refractivity contribution in [2.75, 3.05) is 13.1 Å². The van der Waals surface area contributed by atoms with Crippen molar-refractivity contribution in [3.63, 3.8) is 0 Å². The predicted molar refractivity (Wildman–Crippen MR) is 80.1 cm³/mol. The van der Waals surface area contributed by atoms with Crippen LogP contribution in [0.3, 0.4) is 0 Å². The Bertz CT molecular complexity index is 533. The quantitative estimate of drug-likeness (QED) is 0.718. The summed E-state index contributed by atoms with van der Waals surface area (Å²) in [5.74, 6) is -0.0973. The average Bonchev–Trinajstić information content (AvgIpc) is 3.28. The Balaban J connectivity index is 2.24. The molecule has 1 saturated carbocycles. The molecule has 120 valence electrons. The van der Waals surface area contributed by atoms with Crippen molar-refractivity contribution in [1.29, 1.82) is 0 Å². The third kappa shape index (κ3) is 4.61. The first-order chi connectivity index (χ1) is 10.4. The predicted octanol–water partition coefficient (Wildman–Crippen LogP) is 4.28. The van der Waals surface area contributed by atoms with Gasteiger partial charge >= 0.3 is 6.18 Å². The highest BCUT2D eigenvalue weighted by Gasteiger charge is 2.36. The Morgan fingerprint density at radius 2 is 1.91 bits per heavy atom. The van der Waals surface area contributed by atoms with Gasteiger partial charge in [0.25, 0.3) is 0 Å². The maximum Gasteiger partial charge on any atom is 0.417 e. The van der Waals surface area contributed by atoms with E-state index in [1.807, 2.05) is 6.92 Å². The molecule has 0 atom stereocenters. The zero-order valence-corrected chi connectivity index (χ0v) is 12.6.